The van der Waals surface area contributed by atoms with Crippen molar-refractivity contribution in [2.75, 3.05) is 11.5 Å². The summed E-state index contributed by atoms with van der Waals surface area (Å²) in [6.45, 7) is 5.70. The van der Waals surface area contributed by atoms with Crippen LogP contribution in [-0.2, 0) is 20.9 Å². The van der Waals surface area contributed by atoms with E-state index in [0.29, 0.717) is 40.7 Å². The molecule has 48 heavy (non-hydrogen) atoms. The molecule has 5 aromatic rings. The van der Waals surface area contributed by atoms with Gasteiger partial charge in [-0.25, -0.2) is 9.78 Å². The number of aliphatic hydroxyl groups is 1. The number of amides is 1. The number of thiazole rings is 1. The number of benzene rings is 4. The van der Waals surface area contributed by atoms with E-state index >= 15 is 0 Å². The first-order chi connectivity index (χ1) is 23.2. The van der Waals surface area contributed by atoms with E-state index in [4.69, 9.17) is 14.2 Å². The van der Waals surface area contributed by atoms with Gasteiger partial charge in [-0.15, -0.1) is 0 Å². The normalized spacial score (nSPS) is 15.4. The number of ketones is 1. The Labute approximate surface area is 281 Å². The summed E-state index contributed by atoms with van der Waals surface area (Å²) in [4.78, 5) is 46.2. The van der Waals surface area contributed by atoms with Crippen LogP contribution in [0, 0.1) is 13.8 Å². The molecule has 0 saturated carbocycles. The number of aryl methyl sites for hydroxylation is 2. The number of aliphatic hydroxyl groups excluding tert-OH is 1. The Morgan fingerprint density at radius 3 is 2.31 bits per heavy atom. The van der Waals surface area contributed by atoms with E-state index in [0.717, 1.165) is 22.5 Å². The molecule has 0 unspecified atom stereocenters. The maximum Gasteiger partial charge on any atom is 0.350 e. The molecule has 1 atom stereocenters. The summed E-state index contributed by atoms with van der Waals surface area (Å²) < 4.78 is 17.3. The van der Waals surface area contributed by atoms with E-state index in [2.05, 4.69) is 4.98 Å². The molecule has 6 rings (SSSR count). The summed E-state index contributed by atoms with van der Waals surface area (Å²) in [6.07, 6.45) is 0. The number of hydrogen-bond donors (Lipinski definition) is 1. The topological polar surface area (TPSA) is 115 Å². The second-order valence-electron chi connectivity index (χ2n) is 11.0. The number of aromatic nitrogens is 1. The number of hydrogen-bond acceptors (Lipinski definition) is 9. The number of carbonyl (C=O) groups excluding carboxylic acids is 3. The van der Waals surface area contributed by atoms with E-state index in [-0.39, 0.29) is 27.9 Å². The highest BCUT2D eigenvalue weighted by Crippen LogP contribution is 2.45. The van der Waals surface area contributed by atoms with Gasteiger partial charge in [-0.3, -0.25) is 14.5 Å². The average molecular weight is 661 g/mol. The van der Waals surface area contributed by atoms with Gasteiger partial charge in [0, 0.05) is 5.56 Å². The fourth-order valence-corrected chi connectivity index (χ4v) is 6.43. The van der Waals surface area contributed by atoms with Crippen molar-refractivity contribution >= 4 is 39.9 Å². The molecule has 1 amide bonds. The van der Waals surface area contributed by atoms with Crippen molar-refractivity contribution in [3.63, 3.8) is 0 Å². The van der Waals surface area contributed by atoms with Gasteiger partial charge in [-0.2, -0.15) is 0 Å². The number of carbonyl (C=O) groups is 3. The summed E-state index contributed by atoms with van der Waals surface area (Å²) >= 11 is 0.949. The predicted molar refractivity (Wildman–Crippen MR) is 183 cm³/mol. The van der Waals surface area contributed by atoms with Crippen molar-refractivity contribution in [2.24, 2.45) is 0 Å². The number of rotatable bonds is 10. The summed E-state index contributed by atoms with van der Waals surface area (Å²) in [5, 5.41) is 11.9. The van der Waals surface area contributed by atoms with Crippen molar-refractivity contribution in [3.8, 4) is 17.2 Å². The summed E-state index contributed by atoms with van der Waals surface area (Å²) in [7, 11) is 0. The fraction of sp³-hybridized carbons (Fsp3) is 0.158. The highest BCUT2D eigenvalue weighted by molar-refractivity contribution is 7.17. The molecule has 4 aromatic carbocycles. The van der Waals surface area contributed by atoms with Crippen LogP contribution in [0.3, 0.4) is 0 Å². The molecular weight excluding hydrogens is 628 g/mol. The Balaban J connectivity index is 1.42. The van der Waals surface area contributed by atoms with Crippen LogP contribution >= 0.6 is 11.3 Å². The molecule has 1 aromatic heterocycles. The lowest BCUT2D eigenvalue weighted by Gasteiger charge is -2.23. The Bertz CT molecular complexity index is 2020. The van der Waals surface area contributed by atoms with Gasteiger partial charge in [-0.05, 0) is 79.9 Å². The number of esters is 1. The van der Waals surface area contributed by atoms with E-state index in [1.54, 1.807) is 56.3 Å². The number of para-hydroxylation sites is 1. The third-order valence-corrected chi connectivity index (χ3v) is 8.87. The number of anilines is 1. The van der Waals surface area contributed by atoms with Gasteiger partial charge in [-0.1, -0.05) is 72.0 Å². The van der Waals surface area contributed by atoms with Gasteiger partial charge in [0.2, 0.25) is 0 Å². The van der Waals surface area contributed by atoms with Crippen LogP contribution in [0.4, 0.5) is 5.13 Å². The van der Waals surface area contributed by atoms with Crippen LogP contribution in [-0.4, -0.2) is 34.4 Å². The molecule has 0 spiro atoms. The molecule has 1 fully saturated rings. The lowest BCUT2D eigenvalue weighted by atomic mass is 9.94. The van der Waals surface area contributed by atoms with Gasteiger partial charge in [0.05, 0.1) is 23.9 Å². The molecule has 242 valence electrons. The Morgan fingerprint density at radius 1 is 0.896 bits per heavy atom. The molecule has 0 bridgehead atoms. The minimum Gasteiger partial charge on any atom is -0.507 e. The molecule has 10 heteroatoms. The Kier molecular flexibility index (Phi) is 9.36. The SMILES string of the molecule is CCOC(=O)c1sc(N2C(=O)C(=O)/C(=C(/O)c3ccc(OCc4ccccc4)c(C)c3)[C@@H]2c2cccc(Oc3ccccc3)c2)nc1C. The highest BCUT2D eigenvalue weighted by Gasteiger charge is 2.48. The Hall–Kier alpha value is -5.74. The first-order valence-corrected chi connectivity index (χ1v) is 16.1. The minimum atomic E-state index is -1.08. The predicted octanol–water partition coefficient (Wildman–Crippen LogP) is 7.93. The molecule has 1 aliphatic rings. The van der Waals surface area contributed by atoms with Crippen LogP contribution in [0.25, 0.3) is 5.76 Å². The van der Waals surface area contributed by atoms with Crippen molar-refractivity contribution in [1.82, 2.24) is 4.98 Å². The number of ether oxygens (including phenoxy) is 3. The lowest BCUT2D eigenvalue weighted by molar-refractivity contribution is -0.132. The second-order valence-corrected chi connectivity index (χ2v) is 12.0. The number of Topliss-reactive ketones (excluding diaryl/α,β-unsaturated/α-hetero) is 1. The van der Waals surface area contributed by atoms with Crippen LogP contribution in [0.15, 0.2) is 109 Å². The smallest absolute Gasteiger partial charge is 0.350 e. The highest BCUT2D eigenvalue weighted by atomic mass is 32.1. The van der Waals surface area contributed by atoms with Gasteiger partial charge >= 0.3 is 11.9 Å². The quantitative estimate of drug-likeness (QED) is 0.0695. The van der Waals surface area contributed by atoms with Gasteiger partial charge < -0.3 is 19.3 Å². The largest absolute Gasteiger partial charge is 0.507 e. The first kappa shape index (κ1) is 32.2. The van der Waals surface area contributed by atoms with Crippen LogP contribution in [0.1, 0.15) is 50.6 Å². The monoisotopic (exact) mass is 660 g/mol. The maximum atomic E-state index is 13.8. The molecule has 1 saturated heterocycles. The van der Waals surface area contributed by atoms with E-state index in [9.17, 15) is 19.5 Å². The van der Waals surface area contributed by atoms with Crippen LogP contribution in [0.2, 0.25) is 0 Å². The zero-order valence-corrected chi connectivity index (χ0v) is 27.3. The van der Waals surface area contributed by atoms with Crippen LogP contribution < -0.4 is 14.4 Å². The van der Waals surface area contributed by atoms with Crippen LogP contribution in [0.5, 0.6) is 17.2 Å². The summed E-state index contributed by atoms with van der Waals surface area (Å²) in [5.41, 5.74) is 2.80. The second kappa shape index (κ2) is 13.9. The molecule has 0 radical (unpaired) electrons. The maximum absolute atomic E-state index is 13.8. The van der Waals surface area contributed by atoms with Crippen molar-refractivity contribution < 1.29 is 33.7 Å². The summed E-state index contributed by atoms with van der Waals surface area (Å²) in [6, 6.07) is 29.9. The fourth-order valence-electron chi connectivity index (χ4n) is 5.44. The van der Waals surface area contributed by atoms with E-state index in [1.807, 2.05) is 67.6 Å². The van der Waals surface area contributed by atoms with Gasteiger partial charge in [0.15, 0.2) is 5.13 Å². The zero-order valence-electron chi connectivity index (χ0n) is 26.5. The molecule has 1 N–H and O–H groups in total. The molecule has 1 aliphatic heterocycles. The first-order valence-electron chi connectivity index (χ1n) is 15.3. The summed E-state index contributed by atoms with van der Waals surface area (Å²) in [5.74, 6) is -1.03. The third kappa shape index (κ3) is 6.56. The molecule has 0 aliphatic carbocycles. The van der Waals surface area contributed by atoms with Crippen molar-refractivity contribution in [1.29, 1.82) is 0 Å². The van der Waals surface area contributed by atoms with Gasteiger partial charge in [0.25, 0.3) is 5.78 Å². The van der Waals surface area contributed by atoms with Crippen molar-refractivity contribution in [2.45, 2.75) is 33.4 Å². The standard InChI is InChI=1S/C38H32N2O7S/c1-4-45-37(44)35-24(3)39-38(48-35)40-32(26-14-11-17-29(21-26)47-28-15-9-6-10-16-28)31(34(42)36(40)43)33(41)27-18-19-30(23(2)20-27)46-22-25-12-7-5-8-13-25/h5-21,32,41H,4,22H2,1-3H3/b33-31+/t32-/m0/s1. The molecule has 2 heterocycles. The minimum absolute atomic E-state index is 0.122. The number of nitrogens with zero attached hydrogens (tertiary/aromatic N) is 2. The van der Waals surface area contributed by atoms with E-state index in [1.165, 1.54) is 4.90 Å². The average Bonchev–Trinajstić information content (AvgIpc) is 3.60. The van der Waals surface area contributed by atoms with E-state index < -0.39 is 23.7 Å². The lowest BCUT2D eigenvalue weighted by Crippen LogP contribution is -2.29. The van der Waals surface area contributed by atoms with Crippen molar-refractivity contribution in [3.05, 3.63) is 142 Å². The zero-order chi connectivity index (χ0) is 33.8. The molecular formula is C38H32N2O7S. The van der Waals surface area contributed by atoms with Gasteiger partial charge in [0.1, 0.15) is 34.5 Å². The third-order valence-electron chi connectivity index (χ3n) is 7.73. The molecule has 9 nitrogen and oxygen atoms in total. The Morgan fingerprint density at radius 2 is 1.60 bits per heavy atom.